The minimum absolute atomic E-state index is 0.0532. The summed E-state index contributed by atoms with van der Waals surface area (Å²) in [5.74, 6) is 0.601. The lowest BCUT2D eigenvalue weighted by Gasteiger charge is -2.48. The summed E-state index contributed by atoms with van der Waals surface area (Å²) in [5.41, 5.74) is 2.06. The van der Waals surface area contributed by atoms with Gasteiger partial charge in [-0.15, -0.1) is 0 Å². The fraction of sp³-hybridized carbons (Fsp3) is 0.577. The Labute approximate surface area is 202 Å². The number of H-pyrrole nitrogens is 1. The molecule has 3 aliphatic rings. The summed E-state index contributed by atoms with van der Waals surface area (Å²) in [6, 6.07) is 9.73. The molecule has 0 saturated heterocycles. The number of nitrogens with zero attached hydrogens (tertiary/aromatic N) is 2. The highest BCUT2D eigenvalue weighted by Crippen LogP contribution is 2.56. The lowest BCUT2D eigenvalue weighted by atomic mass is 9.83. The second kappa shape index (κ2) is 8.05. The van der Waals surface area contributed by atoms with Crippen molar-refractivity contribution >= 4 is 25.7 Å². The Balaban J connectivity index is 1.40. The third-order valence-corrected chi connectivity index (χ3v) is 11.8. The van der Waals surface area contributed by atoms with Crippen molar-refractivity contribution in [2.24, 2.45) is 0 Å². The van der Waals surface area contributed by atoms with Gasteiger partial charge < -0.3 is 15.0 Å². The van der Waals surface area contributed by atoms with E-state index in [2.05, 4.69) is 35.2 Å². The molecule has 1 aromatic carbocycles. The molecule has 8 heteroatoms. The molecule has 182 valence electrons. The molecule has 1 atom stereocenters. The quantitative estimate of drug-likeness (QED) is 0.539. The average molecular weight is 481 g/mol. The molecule has 2 heterocycles. The Morgan fingerprint density at radius 2 is 1.85 bits per heavy atom. The van der Waals surface area contributed by atoms with Crippen LogP contribution in [0, 0.1) is 0 Å². The van der Waals surface area contributed by atoms with E-state index in [1.165, 1.54) is 0 Å². The molecule has 2 aromatic rings. The topological polar surface area (TPSA) is 87.3 Å². The molecule has 7 nitrogen and oxygen atoms in total. The number of hydrogen-bond donors (Lipinski definition) is 2. The first kappa shape index (κ1) is 23.3. The van der Waals surface area contributed by atoms with Crippen molar-refractivity contribution in [2.75, 3.05) is 5.32 Å². The summed E-state index contributed by atoms with van der Waals surface area (Å²) in [5, 5.41) is 10.5. The largest absolute Gasteiger partial charge is 0.360 e. The van der Waals surface area contributed by atoms with Crippen LogP contribution in [0.25, 0.3) is 0 Å². The molecule has 34 heavy (non-hydrogen) atoms. The highest BCUT2D eigenvalue weighted by molar-refractivity contribution is 6.83. The van der Waals surface area contributed by atoms with Crippen molar-refractivity contribution in [1.29, 1.82) is 0 Å². The van der Waals surface area contributed by atoms with Crippen LogP contribution >= 0.6 is 0 Å². The fourth-order valence-corrected chi connectivity index (χ4v) is 8.09. The zero-order chi connectivity index (χ0) is 24.3. The summed E-state index contributed by atoms with van der Waals surface area (Å²) >= 11 is 0. The van der Waals surface area contributed by atoms with Crippen LogP contribution in [0.4, 0.5) is 5.82 Å². The van der Waals surface area contributed by atoms with Crippen molar-refractivity contribution in [3.05, 3.63) is 47.2 Å². The Hall–Kier alpha value is -2.45. The van der Waals surface area contributed by atoms with Crippen molar-refractivity contribution in [3.8, 4) is 0 Å². The normalized spacial score (nSPS) is 21.5. The van der Waals surface area contributed by atoms with Gasteiger partial charge in [-0.2, -0.15) is 5.10 Å². The smallest absolute Gasteiger partial charge is 0.257 e. The predicted octanol–water partition coefficient (Wildman–Crippen LogP) is 5.11. The second-order valence-corrected chi connectivity index (χ2v) is 17.1. The first-order valence-corrected chi connectivity index (χ1v) is 16.0. The van der Waals surface area contributed by atoms with Gasteiger partial charge in [-0.25, -0.2) is 0 Å². The van der Waals surface area contributed by atoms with Gasteiger partial charge in [-0.05, 0) is 45.1 Å². The van der Waals surface area contributed by atoms with Gasteiger partial charge in [0.05, 0.1) is 32.0 Å². The van der Waals surface area contributed by atoms with Gasteiger partial charge in [0, 0.05) is 10.6 Å². The van der Waals surface area contributed by atoms with Gasteiger partial charge in [0.2, 0.25) is 5.91 Å². The van der Waals surface area contributed by atoms with E-state index in [0.717, 1.165) is 48.9 Å². The molecule has 2 saturated carbocycles. The number of aromatic amines is 1. The number of amides is 2. The Morgan fingerprint density at radius 3 is 2.41 bits per heavy atom. The van der Waals surface area contributed by atoms with Crippen molar-refractivity contribution in [1.82, 2.24) is 15.1 Å². The summed E-state index contributed by atoms with van der Waals surface area (Å²) in [4.78, 5) is 29.1. The summed E-state index contributed by atoms with van der Waals surface area (Å²) < 4.78 is 6.21. The van der Waals surface area contributed by atoms with E-state index in [1.807, 2.05) is 49.1 Å². The number of aromatic nitrogens is 2. The maximum Gasteiger partial charge on any atom is 0.257 e. The Kier molecular flexibility index (Phi) is 5.52. The van der Waals surface area contributed by atoms with Crippen molar-refractivity contribution < 1.29 is 14.3 Å². The van der Waals surface area contributed by atoms with Gasteiger partial charge in [-0.3, -0.25) is 14.7 Å². The first-order chi connectivity index (χ1) is 16.0. The molecule has 0 spiro atoms. The second-order valence-electron chi connectivity index (χ2n) is 11.7. The van der Waals surface area contributed by atoms with Crippen LogP contribution in [0.2, 0.25) is 24.7 Å². The molecule has 0 radical (unpaired) electrons. The van der Waals surface area contributed by atoms with Crippen LogP contribution in [0.1, 0.15) is 68.9 Å². The maximum atomic E-state index is 13.9. The Morgan fingerprint density at radius 1 is 1.18 bits per heavy atom. The zero-order valence-electron chi connectivity index (χ0n) is 20.9. The van der Waals surface area contributed by atoms with E-state index in [4.69, 9.17) is 4.74 Å². The number of fused-ring (bicyclic) bond motifs is 1. The fourth-order valence-electron chi connectivity index (χ4n) is 5.49. The van der Waals surface area contributed by atoms with Gasteiger partial charge in [0.1, 0.15) is 0 Å². The number of carbonyl (C=O) groups is 2. The molecule has 2 fully saturated rings. The molecule has 0 bridgehead atoms. The van der Waals surface area contributed by atoms with Gasteiger partial charge in [-0.1, -0.05) is 56.4 Å². The zero-order valence-corrected chi connectivity index (χ0v) is 21.9. The van der Waals surface area contributed by atoms with E-state index in [-0.39, 0.29) is 23.0 Å². The van der Waals surface area contributed by atoms with Crippen molar-refractivity contribution in [3.63, 3.8) is 0 Å². The molecule has 1 unspecified atom stereocenters. The molecular weight excluding hydrogens is 444 g/mol. The summed E-state index contributed by atoms with van der Waals surface area (Å²) in [7, 11) is -1.70. The number of benzene rings is 1. The van der Waals surface area contributed by atoms with E-state index in [0.29, 0.717) is 12.4 Å². The molecule has 2 aliphatic carbocycles. The molecule has 1 aromatic heterocycles. The van der Waals surface area contributed by atoms with Gasteiger partial charge in [0.15, 0.2) is 11.9 Å². The molecule has 2 N–H and O–H groups in total. The third-order valence-electron chi connectivity index (χ3n) is 8.22. The molecular formula is C26H36N4O3Si. The van der Waals surface area contributed by atoms with Crippen LogP contribution in [-0.4, -0.2) is 41.1 Å². The SMILES string of the molecule is CC1(C)c2[nH]nc(NC(=O)C3([Si](C)(C)C)CCC3)c2CN1C(=O)C(OC1CC1)c1ccccc1. The van der Waals surface area contributed by atoms with E-state index >= 15 is 0 Å². The maximum absolute atomic E-state index is 13.9. The number of ether oxygens (including phenoxy) is 1. The number of rotatable bonds is 7. The third kappa shape index (κ3) is 3.71. The number of carbonyl (C=O) groups excluding carboxylic acids is 2. The van der Waals surface area contributed by atoms with E-state index in [9.17, 15) is 9.59 Å². The standard InChI is InChI=1S/C26H36N4O3Si/c1-25(2)21-19(22(29-28-21)27-24(32)26(14-9-15-26)34(3,4)5)16-30(25)23(31)20(33-18-12-13-18)17-10-7-6-8-11-17/h6-8,10-11,18,20H,9,12-16H2,1-5H3,(H2,27,28,29,32). The highest BCUT2D eigenvalue weighted by atomic mass is 28.3. The molecule has 2 amide bonds. The Bertz CT molecular complexity index is 1100. The lowest BCUT2D eigenvalue weighted by molar-refractivity contribution is -0.151. The molecule has 5 rings (SSSR count). The molecule has 1 aliphatic heterocycles. The van der Waals surface area contributed by atoms with Crippen LogP contribution in [0.3, 0.4) is 0 Å². The van der Waals surface area contributed by atoms with E-state index < -0.39 is 19.7 Å². The first-order valence-electron chi connectivity index (χ1n) is 12.5. The van der Waals surface area contributed by atoms with Gasteiger partial charge >= 0.3 is 0 Å². The summed E-state index contributed by atoms with van der Waals surface area (Å²) in [6.07, 6.45) is 4.52. The number of nitrogens with one attached hydrogen (secondary N) is 2. The monoisotopic (exact) mass is 480 g/mol. The number of anilines is 1. The summed E-state index contributed by atoms with van der Waals surface area (Å²) in [6.45, 7) is 11.3. The van der Waals surface area contributed by atoms with Crippen LogP contribution in [0.15, 0.2) is 30.3 Å². The van der Waals surface area contributed by atoms with Crippen LogP contribution < -0.4 is 5.32 Å². The van der Waals surface area contributed by atoms with Gasteiger partial charge in [0.25, 0.3) is 5.91 Å². The average Bonchev–Trinajstić information content (AvgIpc) is 3.40. The van der Waals surface area contributed by atoms with Crippen LogP contribution in [0.5, 0.6) is 0 Å². The minimum atomic E-state index is -1.70. The van der Waals surface area contributed by atoms with E-state index in [1.54, 1.807) is 0 Å². The lowest BCUT2D eigenvalue weighted by Crippen LogP contribution is -2.52. The highest BCUT2D eigenvalue weighted by Gasteiger charge is 2.54. The predicted molar refractivity (Wildman–Crippen MR) is 134 cm³/mol. The van der Waals surface area contributed by atoms with Crippen LogP contribution in [-0.2, 0) is 26.4 Å². The number of hydrogen-bond acceptors (Lipinski definition) is 4. The van der Waals surface area contributed by atoms with Crippen molar-refractivity contribution in [2.45, 2.75) is 94.9 Å². The minimum Gasteiger partial charge on any atom is -0.360 e.